The van der Waals surface area contributed by atoms with Crippen molar-refractivity contribution in [3.63, 3.8) is 0 Å². The third-order valence-electron chi connectivity index (χ3n) is 2.66. The molecule has 2 aromatic carbocycles. The van der Waals surface area contributed by atoms with E-state index in [2.05, 4.69) is 15.9 Å². The molecule has 0 aliphatic heterocycles. The highest BCUT2D eigenvalue weighted by Gasteiger charge is 2.13. The zero-order valence-electron chi connectivity index (χ0n) is 11.1. The summed E-state index contributed by atoms with van der Waals surface area (Å²) >= 11 is 3.33. The summed E-state index contributed by atoms with van der Waals surface area (Å²) in [5.74, 6) is 1.08. The summed E-state index contributed by atoms with van der Waals surface area (Å²) in [4.78, 5) is 12.1. The van der Waals surface area contributed by atoms with Crippen LogP contribution in [0.2, 0.25) is 0 Å². The van der Waals surface area contributed by atoms with Gasteiger partial charge in [0.2, 0.25) is 0 Å². The van der Waals surface area contributed by atoms with E-state index in [-0.39, 0.29) is 0 Å². The van der Waals surface area contributed by atoms with Crippen molar-refractivity contribution in [2.45, 2.75) is 0 Å². The van der Waals surface area contributed by atoms with Gasteiger partial charge in [-0.25, -0.2) is 4.79 Å². The fraction of sp³-hybridized carbons (Fsp3) is 0.133. The second-order valence-corrected chi connectivity index (χ2v) is 4.74. The Morgan fingerprint density at radius 1 is 0.950 bits per heavy atom. The van der Waals surface area contributed by atoms with Crippen molar-refractivity contribution in [2.75, 3.05) is 14.2 Å². The van der Waals surface area contributed by atoms with E-state index in [0.717, 1.165) is 0 Å². The molecule has 2 rings (SSSR count). The molecule has 0 spiro atoms. The quantitative estimate of drug-likeness (QED) is 0.631. The molecule has 2 aromatic rings. The van der Waals surface area contributed by atoms with Crippen LogP contribution >= 0.6 is 15.9 Å². The Hall–Kier alpha value is -2.01. The van der Waals surface area contributed by atoms with Crippen LogP contribution in [0.3, 0.4) is 0 Å². The first-order valence-electron chi connectivity index (χ1n) is 5.84. The minimum Gasteiger partial charge on any atom is -0.496 e. The number of ether oxygens (including phenoxy) is 3. The van der Waals surface area contributed by atoms with Gasteiger partial charge in [-0.15, -0.1) is 0 Å². The molecule has 0 amide bonds. The summed E-state index contributed by atoms with van der Waals surface area (Å²) in [6.07, 6.45) is 0. The zero-order valence-corrected chi connectivity index (χ0v) is 12.6. The van der Waals surface area contributed by atoms with Gasteiger partial charge in [0, 0.05) is 0 Å². The van der Waals surface area contributed by atoms with Crippen molar-refractivity contribution in [1.29, 1.82) is 0 Å². The molecule has 0 saturated heterocycles. The fourth-order valence-corrected chi connectivity index (χ4v) is 2.20. The van der Waals surface area contributed by atoms with Crippen LogP contribution in [0.25, 0.3) is 0 Å². The van der Waals surface area contributed by atoms with Gasteiger partial charge in [0.25, 0.3) is 0 Å². The molecule has 104 valence electrons. The first-order chi connectivity index (χ1) is 9.65. The van der Waals surface area contributed by atoms with E-state index in [1.807, 2.05) is 0 Å². The van der Waals surface area contributed by atoms with E-state index in [0.29, 0.717) is 27.3 Å². The van der Waals surface area contributed by atoms with Crippen LogP contribution in [0.1, 0.15) is 10.4 Å². The van der Waals surface area contributed by atoms with E-state index < -0.39 is 5.97 Å². The summed E-state index contributed by atoms with van der Waals surface area (Å²) in [6, 6.07) is 12.0. The van der Waals surface area contributed by atoms with E-state index in [1.54, 1.807) is 49.6 Å². The van der Waals surface area contributed by atoms with Crippen LogP contribution in [-0.4, -0.2) is 20.2 Å². The molecule has 20 heavy (non-hydrogen) atoms. The maximum absolute atomic E-state index is 12.1. The number of rotatable bonds is 4. The average molecular weight is 337 g/mol. The van der Waals surface area contributed by atoms with Gasteiger partial charge in [0.05, 0.1) is 24.3 Å². The SMILES string of the molecule is COc1ccc(C(=O)Oc2ccccc2OC)cc1Br. The fourth-order valence-electron chi connectivity index (χ4n) is 1.66. The monoisotopic (exact) mass is 336 g/mol. The third-order valence-corrected chi connectivity index (χ3v) is 3.28. The molecule has 0 heterocycles. The van der Waals surface area contributed by atoms with Gasteiger partial charge in [-0.1, -0.05) is 12.1 Å². The third kappa shape index (κ3) is 3.11. The van der Waals surface area contributed by atoms with Crippen LogP contribution in [0.4, 0.5) is 0 Å². The second kappa shape index (κ2) is 6.43. The van der Waals surface area contributed by atoms with E-state index in [9.17, 15) is 4.79 Å². The normalized spacial score (nSPS) is 9.95. The Morgan fingerprint density at radius 2 is 1.60 bits per heavy atom. The van der Waals surface area contributed by atoms with Crippen molar-refractivity contribution >= 4 is 21.9 Å². The number of carbonyl (C=O) groups excluding carboxylic acids is 1. The molecule has 0 saturated carbocycles. The molecule has 0 aliphatic carbocycles. The van der Waals surface area contributed by atoms with Crippen molar-refractivity contribution in [3.8, 4) is 17.2 Å². The highest BCUT2D eigenvalue weighted by molar-refractivity contribution is 9.10. The lowest BCUT2D eigenvalue weighted by atomic mass is 10.2. The van der Waals surface area contributed by atoms with Gasteiger partial charge < -0.3 is 14.2 Å². The van der Waals surface area contributed by atoms with Crippen molar-refractivity contribution < 1.29 is 19.0 Å². The van der Waals surface area contributed by atoms with Gasteiger partial charge >= 0.3 is 5.97 Å². The number of benzene rings is 2. The molecule has 0 bridgehead atoms. The first-order valence-corrected chi connectivity index (χ1v) is 6.63. The maximum Gasteiger partial charge on any atom is 0.343 e. The van der Waals surface area contributed by atoms with Crippen LogP contribution in [0.15, 0.2) is 46.9 Å². The molecular weight excluding hydrogens is 324 g/mol. The zero-order chi connectivity index (χ0) is 14.5. The first kappa shape index (κ1) is 14.4. The van der Waals surface area contributed by atoms with Crippen LogP contribution in [0, 0.1) is 0 Å². The number of carbonyl (C=O) groups is 1. The molecule has 0 atom stereocenters. The molecule has 0 fully saturated rings. The standard InChI is InChI=1S/C15H13BrO4/c1-18-12-8-7-10(9-11(12)16)15(17)20-14-6-4-3-5-13(14)19-2/h3-9H,1-2H3. The molecule has 0 N–H and O–H groups in total. The van der Waals surface area contributed by atoms with E-state index in [1.165, 1.54) is 7.11 Å². The molecule has 5 heteroatoms. The summed E-state index contributed by atoms with van der Waals surface area (Å²) in [6.45, 7) is 0. The Balaban J connectivity index is 2.22. The Kier molecular flexibility index (Phi) is 4.63. The van der Waals surface area contributed by atoms with E-state index >= 15 is 0 Å². The van der Waals surface area contributed by atoms with Gasteiger partial charge in [-0.05, 0) is 46.3 Å². The molecule has 0 unspecified atom stereocenters. The number of halogens is 1. The van der Waals surface area contributed by atoms with Crippen LogP contribution < -0.4 is 14.2 Å². The molecule has 4 nitrogen and oxygen atoms in total. The second-order valence-electron chi connectivity index (χ2n) is 3.89. The van der Waals surface area contributed by atoms with Gasteiger partial charge in [-0.2, -0.15) is 0 Å². The van der Waals surface area contributed by atoms with Crippen molar-refractivity contribution in [1.82, 2.24) is 0 Å². The topological polar surface area (TPSA) is 44.8 Å². The smallest absolute Gasteiger partial charge is 0.343 e. The van der Waals surface area contributed by atoms with E-state index in [4.69, 9.17) is 14.2 Å². The summed E-state index contributed by atoms with van der Waals surface area (Å²) in [5.41, 5.74) is 0.420. The van der Waals surface area contributed by atoms with Crippen molar-refractivity contribution in [2.24, 2.45) is 0 Å². The highest BCUT2D eigenvalue weighted by Crippen LogP contribution is 2.29. The molecular formula is C15H13BrO4. The number of methoxy groups -OCH3 is 2. The highest BCUT2D eigenvalue weighted by atomic mass is 79.9. The number of para-hydroxylation sites is 2. The largest absolute Gasteiger partial charge is 0.496 e. The number of hydrogen-bond donors (Lipinski definition) is 0. The minimum atomic E-state index is -0.460. The number of hydrogen-bond acceptors (Lipinski definition) is 4. The predicted octanol–water partition coefficient (Wildman–Crippen LogP) is 3.69. The van der Waals surface area contributed by atoms with Crippen molar-refractivity contribution in [3.05, 3.63) is 52.5 Å². The lowest BCUT2D eigenvalue weighted by molar-refractivity contribution is 0.0729. The lowest BCUT2D eigenvalue weighted by Crippen LogP contribution is -2.09. The predicted molar refractivity (Wildman–Crippen MR) is 78.6 cm³/mol. The Morgan fingerprint density at radius 3 is 2.20 bits per heavy atom. The summed E-state index contributed by atoms with van der Waals surface area (Å²) in [5, 5.41) is 0. The Bertz CT molecular complexity index is 625. The van der Waals surface area contributed by atoms with Gasteiger partial charge in [0.1, 0.15) is 5.75 Å². The maximum atomic E-state index is 12.1. The van der Waals surface area contributed by atoms with Gasteiger partial charge in [-0.3, -0.25) is 0 Å². The average Bonchev–Trinajstić information content (AvgIpc) is 2.47. The molecule has 0 aromatic heterocycles. The molecule has 0 aliphatic rings. The molecule has 0 radical (unpaired) electrons. The van der Waals surface area contributed by atoms with Crippen LogP contribution in [-0.2, 0) is 0 Å². The number of esters is 1. The van der Waals surface area contributed by atoms with Gasteiger partial charge in [0.15, 0.2) is 11.5 Å². The van der Waals surface area contributed by atoms with Crippen LogP contribution in [0.5, 0.6) is 17.2 Å². The Labute approximate surface area is 125 Å². The summed E-state index contributed by atoms with van der Waals surface area (Å²) < 4.78 is 16.3. The lowest BCUT2D eigenvalue weighted by Gasteiger charge is -2.09. The minimum absolute atomic E-state index is 0.381. The summed E-state index contributed by atoms with van der Waals surface area (Å²) in [7, 11) is 3.09.